The van der Waals surface area contributed by atoms with Gasteiger partial charge in [0.15, 0.2) is 0 Å². The van der Waals surface area contributed by atoms with Crippen molar-refractivity contribution in [3.8, 4) is 0 Å². The van der Waals surface area contributed by atoms with Crippen molar-refractivity contribution in [1.82, 2.24) is 10.3 Å². The Morgan fingerprint density at radius 1 is 1.47 bits per heavy atom. The Kier molecular flexibility index (Phi) is 3.55. The molecule has 1 aromatic heterocycles. The largest absolute Gasteiger partial charge is 0.369 e. The van der Waals surface area contributed by atoms with E-state index < -0.39 is 11.3 Å². The minimum Gasteiger partial charge on any atom is -0.369 e. The van der Waals surface area contributed by atoms with E-state index in [9.17, 15) is 9.59 Å². The van der Waals surface area contributed by atoms with Crippen LogP contribution in [-0.2, 0) is 9.59 Å². The smallest absolute Gasteiger partial charge is 0.236 e. The zero-order valence-electron chi connectivity index (χ0n) is 11.3. The second-order valence-corrected chi connectivity index (χ2v) is 5.08. The molecule has 2 rings (SSSR count). The SMILES string of the molecule is CCC(NC(=O)C1(C(N)=O)CC1)c1cccc(C)n1. The van der Waals surface area contributed by atoms with Crippen LogP contribution in [0, 0.1) is 12.3 Å². The van der Waals surface area contributed by atoms with Crippen molar-refractivity contribution < 1.29 is 9.59 Å². The van der Waals surface area contributed by atoms with Gasteiger partial charge in [-0.15, -0.1) is 0 Å². The van der Waals surface area contributed by atoms with E-state index in [4.69, 9.17) is 5.73 Å². The molecule has 102 valence electrons. The van der Waals surface area contributed by atoms with Gasteiger partial charge in [-0.3, -0.25) is 14.6 Å². The molecule has 1 fully saturated rings. The summed E-state index contributed by atoms with van der Waals surface area (Å²) in [6.45, 7) is 3.88. The van der Waals surface area contributed by atoms with Crippen LogP contribution < -0.4 is 11.1 Å². The summed E-state index contributed by atoms with van der Waals surface area (Å²) in [7, 11) is 0. The van der Waals surface area contributed by atoms with Gasteiger partial charge in [0.1, 0.15) is 5.41 Å². The number of nitrogens with one attached hydrogen (secondary N) is 1. The highest BCUT2D eigenvalue weighted by Crippen LogP contribution is 2.45. The highest BCUT2D eigenvalue weighted by Gasteiger charge is 2.55. The Labute approximate surface area is 112 Å². The van der Waals surface area contributed by atoms with Crippen molar-refractivity contribution in [1.29, 1.82) is 0 Å². The number of nitrogens with two attached hydrogens (primary N) is 1. The number of hydrogen-bond donors (Lipinski definition) is 2. The molecule has 5 nitrogen and oxygen atoms in total. The van der Waals surface area contributed by atoms with E-state index in [1.165, 1.54) is 0 Å². The number of pyridine rings is 1. The second-order valence-electron chi connectivity index (χ2n) is 5.08. The van der Waals surface area contributed by atoms with Crippen LogP contribution in [0.2, 0.25) is 0 Å². The summed E-state index contributed by atoms with van der Waals surface area (Å²) in [5.74, 6) is -0.799. The first-order valence-corrected chi connectivity index (χ1v) is 6.54. The maximum absolute atomic E-state index is 12.2. The van der Waals surface area contributed by atoms with Crippen LogP contribution in [0.5, 0.6) is 0 Å². The number of amides is 2. The summed E-state index contributed by atoms with van der Waals surface area (Å²) in [5.41, 5.74) is 6.04. The van der Waals surface area contributed by atoms with E-state index in [2.05, 4.69) is 10.3 Å². The van der Waals surface area contributed by atoms with Gasteiger partial charge < -0.3 is 11.1 Å². The van der Waals surface area contributed by atoms with Gasteiger partial charge in [-0.25, -0.2) is 0 Å². The minimum atomic E-state index is -0.975. The lowest BCUT2D eigenvalue weighted by Crippen LogP contribution is -2.42. The molecule has 1 atom stereocenters. The zero-order valence-corrected chi connectivity index (χ0v) is 11.3. The average Bonchev–Trinajstić information content (AvgIpc) is 3.17. The van der Waals surface area contributed by atoms with Gasteiger partial charge in [-0.1, -0.05) is 13.0 Å². The fraction of sp³-hybridized carbons (Fsp3) is 0.500. The fourth-order valence-electron chi connectivity index (χ4n) is 2.15. The quantitative estimate of drug-likeness (QED) is 0.781. The predicted molar refractivity (Wildman–Crippen MR) is 71.0 cm³/mol. The molecule has 1 saturated carbocycles. The van der Waals surface area contributed by atoms with Gasteiger partial charge in [0.05, 0.1) is 11.7 Å². The molecule has 1 unspecified atom stereocenters. The van der Waals surface area contributed by atoms with Crippen LogP contribution in [0.1, 0.15) is 43.6 Å². The predicted octanol–water partition coefficient (Wildman–Crippen LogP) is 1.22. The number of primary amides is 1. The number of hydrogen-bond acceptors (Lipinski definition) is 3. The topological polar surface area (TPSA) is 85.1 Å². The number of carbonyl (C=O) groups is 2. The molecule has 0 aliphatic heterocycles. The molecule has 0 spiro atoms. The highest BCUT2D eigenvalue weighted by molar-refractivity contribution is 6.07. The molecule has 3 N–H and O–H groups in total. The Morgan fingerprint density at radius 2 is 2.16 bits per heavy atom. The third-order valence-electron chi connectivity index (χ3n) is 3.64. The van der Waals surface area contributed by atoms with Crippen LogP contribution in [0.3, 0.4) is 0 Å². The van der Waals surface area contributed by atoms with E-state index in [1.807, 2.05) is 32.0 Å². The molecule has 0 radical (unpaired) electrons. The molecule has 0 bridgehead atoms. The lowest BCUT2D eigenvalue weighted by Gasteiger charge is -2.19. The van der Waals surface area contributed by atoms with Gasteiger partial charge in [0.2, 0.25) is 11.8 Å². The zero-order chi connectivity index (χ0) is 14.0. The standard InChI is InChI=1S/C14H19N3O2/c1-3-10(11-6-4-5-9(2)16-11)17-13(19)14(7-8-14)12(15)18/h4-6,10H,3,7-8H2,1-2H3,(H2,15,18)(H,17,19). The molecule has 0 aromatic carbocycles. The molecular weight excluding hydrogens is 242 g/mol. The van der Waals surface area contributed by atoms with Crippen molar-refractivity contribution in [2.45, 2.75) is 39.2 Å². The summed E-state index contributed by atoms with van der Waals surface area (Å²) < 4.78 is 0. The average molecular weight is 261 g/mol. The maximum atomic E-state index is 12.2. The van der Waals surface area contributed by atoms with E-state index in [-0.39, 0.29) is 11.9 Å². The van der Waals surface area contributed by atoms with Crippen LogP contribution >= 0.6 is 0 Å². The Morgan fingerprint density at radius 3 is 2.63 bits per heavy atom. The number of carbonyl (C=O) groups excluding carboxylic acids is 2. The molecule has 0 saturated heterocycles. The van der Waals surface area contributed by atoms with E-state index >= 15 is 0 Å². The van der Waals surface area contributed by atoms with Crippen LogP contribution in [0.15, 0.2) is 18.2 Å². The van der Waals surface area contributed by atoms with Gasteiger partial charge in [-0.2, -0.15) is 0 Å². The molecule has 5 heteroatoms. The van der Waals surface area contributed by atoms with E-state index in [1.54, 1.807) is 0 Å². The van der Waals surface area contributed by atoms with Crippen molar-refractivity contribution in [2.24, 2.45) is 11.1 Å². The van der Waals surface area contributed by atoms with Gasteiger partial charge >= 0.3 is 0 Å². The fourth-order valence-corrected chi connectivity index (χ4v) is 2.15. The van der Waals surface area contributed by atoms with Crippen molar-refractivity contribution in [3.63, 3.8) is 0 Å². The van der Waals surface area contributed by atoms with E-state index in [0.29, 0.717) is 12.8 Å². The third kappa shape index (κ3) is 2.59. The van der Waals surface area contributed by atoms with Crippen LogP contribution in [-0.4, -0.2) is 16.8 Å². The normalized spacial score (nSPS) is 17.6. The van der Waals surface area contributed by atoms with Crippen LogP contribution in [0.4, 0.5) is 0 Å². The lowest BCUT2D eigenvalue weighted by molar-refractivity contribution is -0.135. The lowest BCUT2D eigenvalue weighted by atomic mass is 10.0. The summed E-state index contributed by atoms with van der Waals surface area (Å²) in [6.07, 6.45) is 1.81. The minimum absolute atomic E-state index is 0.177. The molecule has 19 heavy (non-hydrogen) atoms. The first-order valence-electron chi connectivity index (χ1n) is 6.54. The number of nitrogens with zero attached hydrogens (tertiary/aromatic N) is 1. The molecule has 1 heterocycles. The van der Waals surface area contributed by atoms with Gasteiger partial charge in [-0.05, 0) is 38.3 Å². The first-order chi connectivity index (χ1) is 8.99. The summed E-state index contributed by atoms with van der Waals surface area (Å²) in [6, 6.07) is 5.52. The van der Waals surface area contributed by atoms with Gasteiger partial charge in [0.25, 0.3) is 0 Å². The van der Waals surface area contributed by atoms with Crippen molar-refractivity contribution in [3.05, 3.63) is 29.6 Å². The Hall–Kier alpha value is -1.91. The first kappa shape index (κ1) is 13.5. The number of aryl methyl sites for hydroxylation is 1. The highest BCUT2D eigenvalue weighted by atomic mass is 16.2. The Bertz CT molecular complexity index is 509. The van der Waals surface area contributed by atoms with E-state index in [0.717, 1.165) is 17.8 Å². The molecular formula is C14H19N3O2. The maximum Gasteiger partial charge on any atom is 0.236 e. The van der Waals surface area contributed by atoms with Crippen molar-refractivity contribution >= 4 is 11.8 Å². The molecule has 1 aliphatic rings. The molecule has 2 amide bonds. The third-order valence-corrected chi connectivity index (χ3v) is 3.64. The van der Waals surface area contributed by atoms with Crippen LogP contribution in [0.25, 0.3) is 0 Å². The monoisotopic (exact) mass is 261 g/mol. The second kappa shape index (κ2) is 4.99. The number of aromatic nitrogens is 1. The number of rotatable bonds is 5. The Balaban J connectivity index is 2.12. The van der Waals surface area contributed by atoms with Crippen molar-refractivity contribution in [2.75, 3.05) is 0 Å². The molecule has 1 aliphatic carbocycles. The summed E-state index contributed by atoms with van der Waals surface area (Å²) in [4.78, 5) is 27.9. The molecule has 1 aromatic rings. The van der Waals surface area contributed by atoms with Gasteiger partial charge in [0, 0.05) is 5.69 Å². The summed E-state index contributed by atoms with van der Waals surface area (Å²) >= 11 is 0. The summed E-state index contributed by atoms with van der Waals surface area (Å²) in [5, 5.41) is 2.89.